The Morgan fingerprint density at radius 2 is 0.789 bits per heavy atom. The largest absolute Gasteiger partial charge is 1.00 e. The topological polar surface area (TPSA) is 27.7 Å². The number of halogens is 1. The monoisotopic (exact) mass is 579 g/mol. The van der Waals surface area contributed by atoms with Crippen molar-refractivity contribution in [3.63, 3.8) is 0 Å². The summed E-state index contributed by atoms with van der Waals surface area (Å²) in [6.45, 7) is 18.4. The first-order chi connectivity index (χ1) is 17.5. The van der Waals surface area contributed by atoms with E-state index >= 15 is 0 Å². The SMILES string of the molecule is CCCCCCCCCCCCCCCCCC[N+](C)(C)C(CC)[Si](OC(C)C)(OC(C)C)OC(C)C.[Cl-]. The Bertz CT molecular complexity index is 490. The third kappa shape index (κ3) is 19.4. The third-order valence-electron chi connectivity index (χ3n) is 7.43. The molecular formula is C32H70ClNO3Si. The molecule has 0 aromatic rings. The first-order valence-corrected chi connectivity index (χ1v) is 18.2. The van der Waals surface area contributed by atoms with Crippen LogP contribution in [0.2, 0.25) is 0 Å². The van der Waals surface area contributed by atoms with Crippen molar-refractivity contribution in [1.82, 2.24) is 0 Å². The highest BCUT2D eigenvalue weighted by Crippen LogP contribution is 2.30. The van der Waals surface area contributed by atoms with Crippen LogP contribution >= 0.6 is 0 Å². The number of quaternary nitrogens is 1. The summed E-state index contributed by atoms with van der Waals surface area (Å²) in [5, 5.41) is 0. The number of hydrogen-bond acceptors (Lipinski definition) is 3. The molecule has 6 heteroatoms. The summed E-state index contributed by atoms with van der Waals surface area (Å²) in [7, 11) is 1.83. The third-order valence-corrected chi connectivity index (χ3v) is 11.7. The first kappa shape index (κ1) is 40.5. The predicted molar refractivity (Wildman–Crippen MR) is 165 cm³/mol. The standard InChI is InChI=1S/C32H70NO3Si.ClH/c1-11-13-14-15-16-17-18-19-20-21-22-23-24-25-26-27-28-33(9,10)32(12-2)37(34-29(3)4,35-30(5)6)36-31(7)8;/h29-32H,11-28H2,1-10H3;1H/q+1;/p-1. The molecule has 0 saturated carbocycles. The van der Waals surface area contributed by atoms with Crippen molar-refractivity contribution < 1.29 is 30.2 Å². The maximum atomic E-state index is 6.61. The molecule has 0 N–H and O–H groups in total. The summed E-state index contributed by atoms with van der Waals surface area (Å²) in [4.78, 5) is 0. The molecule has 0 saturated heterocycles. The lowest BCUT2D eigenvalue weighted by atomic mass is 10.0. The molecule has 1 atom stereocenters. The Labute approximate surface area is 247 Å². The maximum Gasteiger partial charge on any atom is 0.563 e. The lowest BCUT2D eigenvalue weighted by molar-refractivity contribution is -0.906. The van der Waals surface area contributed by atoms with E-state index in [0.29, 0.717) is 0 Å². The van der Waals surface area contributed by atoms with Gasteiger partial charge in [-0.1, -0.05) is 104 Å². The van der Waals surface area contributed by atoms with Crippen LogP contribution < -0.4 is 12.4 Å². The van der Waals surface area contributed by atoms with Crippen molar-refractivity contribution in [2.45, 2.75) is 189 Å². The molecule has 0 fully saturated rings. The molecule has 232 valence electrons. The average molecular weight is 580 g/mol. The van der Waals surface area contributed by atoms with Gasteiger partial charge in [-0.15, -0.1) is 0 Å². The van der Waals surface area contributed by atoms with E-state index in [9.17, 15) is 0 Å². The van der Waals surface area contributed by atoms with Crippen LogP contribution in [0.3, 0.4) is 0 Å². The van der Waals surface area contributed by atoms with Crippen LogP contribution in [0.15, 0.2) is 0 Å². The number of rotatable bonds is 26. The van der Waals surface area contributed by atoms with E-state index in [-0.39, 0.29) is 36.4 Å². The van der Waals surface area contributed by atoms with Gasteiger partial charge in [0.15, 0.2) is 5.67 Å². The van der Waals surface area contributed by atoms with Gasteiger partial charge in [-0.05, 0) is 54.4 Å². The van der Waals surface area contributed by atoms with Gasteiger partial charge in [0.2, 0.25) is 0 Å². The van der Waals surface area contributed by atoms with Gasteiger partial charge in [-0.25, -0.2) is 0 Å². The van der Waals surface area contributed by atoms with E-state index < -0.39 is 8.80 Å². The van der Waals surface area contributed by atoms with Crippen LogP contribution in [0, 0.1) is 0 Å². The van der Waals surface area contributed by atoms with Crippen LogP contribution in [-0.2, 0) is 13.3 Å². The number of unbranched alkanes of at least 4 members (excludes halogenated alkanes) is 15. The van der Waals surface area contributed by atoms with Crippen molar-refractivity contribution in [2.75, 3.05) is 20.6 Å². The summed E-state index contributed by atoms with van der Waals surface area (Å²) < 4.78 is 20.7. The van der Waals surface area contributed by atoms with Gasteiger partial charge < -0.3 is 30.2 Å². The van der Waals surface area contributed by atoms with Crippen LogP contribution in [-0.4, -0.2) is 57.9 Å². The fourth-order valence-electron chi connectivity index (χ4n) is 5.70. The molecule has 1 unspecified atom stereocenters. The minimum absolute atomic E-state index is 0. The zero-order chi connectivity index (χ0) is 28.2. The molecule has 0 amide bonds. The lowest BCUT2D eigenvalue weighted by Crippen LogP contribution is -3.00. The highest BCUT2D eigenvalue weighted by atomic mass is 35.5. The molecule has 0 aliphatic heterocycles. The Balaban J connectivity index is 0. The van der Waals surface area contributed by atoms with Gasteiger partial charge in [0.1, 0.15) is 0 Å². The number of nitrogens with zero attached hydrogens (tertiary/aromatic N) is 1. The molecule has 0 heterocycles. The smallest absolute Gasteiger partial charge is 0.563 e. The molecular weight excluding hydrogens is 510 g/mol. The van der Waals surface area contributed by atoms with Crippen LogP contribution in [0.5, 0.6) is 0 Å². The average Bonchev–Trinajstić information content (AvgIpc) is 2.77. The van der Waals surface area contributed by atoms with Gasteiger partial charge in [0, 0.05) is 24.7 Å². The van der Waals surface area contributed by atoms with E-state index in [1.54, 1.807) is 0 Å². The molecule has 38 heavy (non-hydrogen) atoms. The summed E-state index contributed by atoms with van der Waals surface area (Å²) >= 11 is 0. The van der Waals surface area contributed by atoms with Crippen molar-refractivity contribution >= 4 is 8.80 Å². The molecule has 0 aromatic heterocycles. The van der Waals surface area contributed by atoms with E-state index in [4.69, 9.17) is 13.3 Å². The predicted octanol–water partition coefficient (Wildman–Crippen LogP) is 6.86. The van der Waals surface area contributed by atoms with Crippen molar-refractivity contribution in [3.8, 4) is 0 Å². The van der Waals surface area contributed by atoms with E-state index in [0.717, 1.165) is 17.4 Å². The quantitative estimate of drug-likeness (QED) is 0.0636. The van der Waals surface area contributed by atoms with Gasteiger partial charge in [0.25, 0.3) is 0 Å². The summed E-state index contributed by atoms with van der Waals surface area (Å²) in [6, 6.07) is 0. The van der Waals surface area contributed by atoms with E-state index in [1.807, 2.05) is 0 Å². The van der Waals surface area contributed by atoms with Crippen molar-refractivity contribution in [2.24, 2.45) is 0 Å². The second kappa shape index (κ2) is 24.0. The van der Waals surface area contributed by atoms with Crippen LogP contribution in [0.4, 0.5) is 0 Å². The minimum Gasteiger partial charge on any atom is -1.00 e. The highest BCUT2D eigenvalue weighted by molar-refractivity contribution is 6.62. The summed E-state index contributed by atoms with van der Waals surface area (Å²) in [5.74, 6) is 0. The zero-order valence-electron chi connectivity index (χ0n) is 27.6. The molecule has 0 spiro atoms. The molecule has 4 nitrogen and oxygen atoms in total. The van der Waals surface area contributed by atoms with E-state index in [1.165, 1.54) is 103 Å². The maximum absolute atomic E-state index is 6.61. The zero-order valence-corrected chi connectivity index (χ0v) is 29.3. The van der Waals surface area contributed by atoms with Gasteiger partial charge in [0.05, 0.1) is 20.6 Å². The van der Waals surface area contributed by atoms with Gasteiger partial charge in [-0.3, -0.25) is 0 Å². The normalized spacial score (nSPS) is 13.5. The molecule has 0 rings (SSSR count). The number of hydrogen-bond donors (Lipinski definition) is 0. The van der Waals surface area contributed by atoms with Crippen molar-refractivity contribution in [1.29, 1.82) is 0 Å². The first-order valence-electron chi connectivity index (χ1n) is 16.4. The molecule has 0 aromatic carbocycles. The van der Waals surface area contributed by atoms with E-state index in [2.05, 4.69) is 69.5 Å². The molecule has 0 bridgehead atoms. The summed E-state index contributed by atoms with van der Waals surface area (Å²) in [5.41, 5.74) is 0.246. The highest BCUT2D eigenvalue weighted by Gasteiger charge is 2.58. The van der Waals surface area contributed by atoms with Gasteiger partial charge in [-0.2, -0.15) is 0 Å². The van der Waals surface area contributed by atoms with Crippen LogP contribution in [0.25, 0.3) is 0 Å². The Morgan fingerprint density at radius 1 is 0.500 bits per heavy atom. The van der Waals surface area contributed by atoms with Crippen LogP contribution in [0.1, 0.15) is 165 Å². The lowest BCUT2D eigenvalue weighted by Gasteiger charge is -2.46. The second-order valence-electron chi connectivity index (χ2n) is 12.8. The Kier molecular flexibility index (Phi) is 25.6. The molecule has 0 radical (unpaired) electrons. The van der Waals surface area contributed by atoms with Gasteiger partial charge >= 0.3 is 8.80 Å². The summed E-state index contributed by atoms with van der Waals surface area (Å²) in [6.07, 6.45) is 23.8. The fourth-order valence-corrected chi connectivity index (χ4v) is 9.79. The van der Waals surface area contributed by atoms with Crippen molar-refractivity contribution in [3.05, 3.63) is 0 Å². The molecule has 0 aliphatic rings. The fraction of sp³-hybridized carbons (Fsp3) is 1.00. The minimum atomic E-state index is -2.89. The Hall–Kier alpha value is 0.347. The Morgan fingerprint density at radius 3 is 1.05 bits per heavy atom. The second-order valence-corrected chi connectivity index (χ2v) is 15.4. The molecule has 0 aliphatic carbocycles.